The van der Waals surface area contributed by atoms with Crippen LogP contribution in [0.3, 0.4) is 0 Å². The highest BCUT2D eigenvalue weighted by Gasteiger charge is 2.28. The number of fused-ring (bicyclic) bond motifs is 2. The highest BCUT2D eigenvalue weighted by atomic mass is 16.5. The molecule has 1 aliphatic rings. The van der Waals surface area contributed by atoms with Crippen molar-refractivity contribution in [1.82, 2.24) is 4.98 Å². The van der Waals surface area contributed by atoms with E-state index in [0.29, 0.717) is 17.5 Å². The number of para-hydroxylation sites is 2. The molecule has 170 valence electrons. The van der Waals surface area contributed by atoms with E-state index in [4.69, 9.17) is 14.1 Å². The van der Waals surface area contributed by atoms with Gasteiger partial charge in [-0.1, -0.05) is 43.3 Å². The quantitative estimate of drug-likeness (QED) is 0.381. The van der Waals surface area contributed by atoms with Crippen molar-refractivity contribution < 1.29 is 18.7 Å². The van der Waals surface area contributed by atoms with Crippen molar-refractivity contribution in [2.75, 3.05) is 11.9 Å². The molecule has 0 aliphatic heterocycles. The van der Waals surface area contributed by atoms with E-state index in [1.807, 2.05) is 73.7 Å². The number of carbonyl (C=O) groups excluding carboxylic acids is 2. The average Bonchev–Trinajstić information content (AvgIpc) is 3.52. The number of aromatic nitrogens is 1. The highest BCUT2D eigenvalue weighted by molar-refractivity contribution is 6.08. The van der Waals surface area contributed by atoms with Gasteiger partial charge in [0.2, 0.25) is 0 Å². The summed E-state index contributed by atoms with van der Waals surface area (Å²) in [4.78, 5) is 30.6. The van der Waals surface area contributed by atoms with Crippen LogP contribution in [0, 0.1) is 0 Å². The summed E-state index contributed by atoms with van der Waals surface area (Å²) in [6.07, 6.45) is 5.79. The van der Waals surface area contributed by atoms with Crippen LogP contribution >= 0.6 is 0 Å². The maximum absolute atomic E-state index is 13.3. The SMILES string of the molecule is CCc1ccccc1NC(=O)COC(=O)c1c2c(nc3ccccc13)/C(=C/c1ccco1)CC2. The summed E-state index contributed by atoms with van der Waals surface area (Å²) in [5.41, 5.74) is 5.58. The number of rotatable bonds is 6. The Kier molecular flexibility index (Phi) is 5.95. The molecule has 34 heavy (non-hydrogen) atoms. The van der Waals surface area contributed by atoms with Gasteiger partial charge in [-0.2, -0.15) is 0 Å². The third kappa shape index (κ3) is 4.22. The first kappa shape index (κ1) is 21.6. The summed E-state index contributed by atoms with van der Waals surface area (Å²) < 4.78 is 11.0. The van der Waals surface area contributed by atoms with Crippen molar-refractivity contribution in [2.45, 2.75) is 26.2 Å². The molecular formula is C28H24N2O4. The fourth-order valence-corrected chi connectivity index (χ4v) is 4.40. The molecule has 2 heterocycles. The topological polar surface area (TPSA) is 81.4 Å². The van der Waals surface area contributed by atoms with Crippen LogP contribution in [0.2, 0.25) is 0 Å². The monoisotopic (exact) mass is 452 g/mol. The maximum Gasteiger partial charge on any atom is 0.339 e. The Hall–Kier alpha value is -4.19. The lowest BCUT2D eigenvalue weighted by Crippen LogP contribution is -2.22. The number of amides is 1. The van der Waals surface area contributed by atoms with Crippen molar-refractivity contribution >= 4 is 40.1 Å². The normalized spacial score (nSPS) is 13.7. The second kappa shape index (κ2) is 9.35. The Morgan fingerprint density at radius 1 is 1.06 bits per heavy atom. The lowest BCUT2D eigenvalue weighted by molar-refractivity contribution is -0.119. The van der Waals surface area contributed by atoms with E-state index < -0.39 is 5.97 Å². The first-order chi connectivity index (χ1) is 16.6. The van der Waals surface area contributed by atoms with Gasteiger partial charge >= 0.3 is 5.97 Å². The number of hydrogen-bond donors (Lipinski definition) is 1. The first-order valence-electron chi connectivity index (χ1n) is 11.3. The van der Waals surface area contributed by atoms with Crippen LogP contribution < -0.4 is 5.32 Å². The number of anilines is 1. The summed E-state index contributed by atoms with van der Waals surface area (Å²) in [6, 6.07) is 18.8. The Balaban J connectivity index is 1.42. The third-order valence-electron chi connectivity index (χ3n) is 6.01. The van der Waals surface area contributed by atoms with Gasteiger partial charge in [-0.3, -0.25) is 4.79 Å². The fourth-order valence-electron chi connectivity index (χ4n) is 4.40. The fraction of sp³-hybridized carbons (Fsp3) is 0.179. The number of nitrogens with zero attached hydrogens (tertiary/aromatic N) is 1. The van der Waals surface area contributed by atoms with Gasteiger partial charge < -0.3 is 14.5 Å². The van der Waals surface area contributed by atoms with Crippen molar-refractivity contribution in [1.29, 1.82) is 0 Å². The number of ether oxygens (including phenoxy) is 1. The molecule has 0 saturated heterocycles. The van der Waals surface area contributed by atoms with Crippen LogP contribution in [0.15, 0.2) is 71.3 Å². The zero-order valence-electron chi connectivity index (χ0n) is 18.8. The van der Waals surface area contributed by atoms with Crippen LogP contribution in [0.25, 0.3) is 22.6 Å². The minimum atomic E-state index is -0.520. The number of hydrogen-bond acceptors (Lipinski definition) is 5. The van der Waals surface area contributed by atoms with Crippen LogP contribution in [0.1, 0.15) is 46.3 Å². The number of carbonyl (C=O) groups is 2. The van der Waals surface area contributed by atoms with Gasteiger partial charge in [0.25, 0.3) is 5.91 Å². The van der Waals surface area contributed by atoms with Gasteiger partial charge in [-0.25, -0.2) is 9.78 Å². The number of pyridine rings is 1. The molecule has 0 spiro atoms. The standard InChI is InChI=1S/C28H24N2O4/c1-2-18-8-3-5-11-23(18)29-25(31)17-34-28(32)26-21-10-4-6-12-24(21)30-27-19(13-14-22(26)27)16-20-9-7-15-33-20/h3-12,15-16H,2,13-14,17H2,1H3,(H,29,31)/b19-16+. The van der Waals surface area contributed by atoms with Crippen molar-refractivity contribution in [3.05, 3.63) is 95.1 Å². The summed E-state index contributed by atoms with van der Waals surface area (Å²) >= 11 is 0. The lowest BCUT2D eigenvalue weighted by atomic mass is 10.0. The molecule has 1 aliphatic carbocycles. The zero-order chi connectivity index (χ0) is 23.5. The van der Waals surface area contributed by atoms with Gasteiger partial charge in [0, 0.05) is 11.1 Å². The van der Waals surface area contributed by atoms with Gasteiger partial charge in [-0.15, -0.1) is 0 Å². The molecule has 5 rings (SSSR count). The predicted octanol–water partition coefficient (Wildman–Crippen LogP) is 5.67. The molecule has 2 aromatic heterocycles. The number of nitrogens with one attached hydrogen (secondary N) is 1. The number of aryl methyl sites for hydroxylation is 1. The van der Waals surface area contributed by atoms with E-state index in [1.54, 1.807) is 6.26 Å². The average molecular weight is 453 g/mol. The van der Waals surface area contributed by atoms with E-state index in [9.17, 15) is 9.59 Å². The van der Waals surface area contributed by atoms with E-state index in [-0.39, 0.29) is 12.5 Å². The number of furan rings is 1. The molecule has 2 aromatic carbocycles. The van der Waals surface area contributed by atoms with Gasteiger partial charge in [0.15, 0.2) is 6.61 Å². The van der Waals surface area contributed by atoms with E-state index >= 15 is 0 Å². The molecule has 6 nitrogen and oxygen atoms in total. The first-order valence-corrected chi connectivity index (χ1v) is 11.3. The summed E-state index contributed by atoms with van der Waals surface area (Å²) in [7, 11) is 0. The second-order valence-corrected chi connectivity index (χ2v) is 8.15. The molecule has 0 atom stereocenters. The molecule has 0 saturated carbocycles. The largest absolute Gasteiger partial charge is 0.465 e. The minimum absolute atomic E-state index is 0.364. The second-order valence-electron chi connectivity index (χ2n) is 8.15. The van der Waals surface area contributed by atoms with Gasteiger partial charge in [0.1, 0.15) is 5.76 Å². The molecular weight excluding hydrogens is 428 g/mol. The van der Waals surface area contributed by atoms with Gasteiger partial charge in [-0.05, 0) is 66.3 Å². The molecule has 0 radical (unpaired) electrons. The van der Waals surface area contributed by atoms with Crippen LogP contribution in [-0.4, -0.2) is 23.5 Å². The maximum atomic E-state index is 13.3. The molecule has 6 heteroatoms. The Labute approximate surface area is 197 Å². The third-order valence-corrected chi connectivity index (χ3v) is 6.01. The number of allylic oxidation sites excluding steroid dienone is 1. The molecule has 1 amide bonds. The van der Waals surface area contributed by atoms with Crippen molar-refractivity contribution in [3.63, 3.8) is 0 Å². The molecule has 0 bridgehead atoms. The van der Waals surface area contributed by atoms with Gasteiger partial charge in [0.05, 0.1) is 23.0 Å². The minimum Gasteiger partial charge on any atom is -0.465 e. The molecule has 1 N–H and O–H groups in total. The summed E-state index contributed by atoms with van der Waals surface area (Å²) in [6.45, 7) is 1.66. The van der Waals surface area contributed by atoms with E-state index in [1.165, 1.54) is 0 Å². The smallest absolute Gasteiger partial charge is 0.339 e. The van der Waals surface area contributed by atoms with Crippen LogP contribution in [0.5, 0.6) is 0 Å². The lowest BCUT2D eigenvalue weighted by Gasteiger charge is -2.13. The Bertz CT molecular complexity index is 1400. The number of esters is 1. The van der Waals surface area contributed by atoms with Crippen molar-refractivity contribution in [2.24, 2.45) is 0 Å². The van der Waals surface area contributed by atoms with E-state index in [0.717, 1.165) is 52.1 Å². The Morgan fingerprint density at radius 2 is 1.88 bits per heavy atom. The predicted molar refractivity (Wildman–Crippen MR) is 131 cm³/mol. The molecule has 0 fully saturated rings. The zero-order valence-corrected chi connectivity index (χ0v) is 18.8. The van der Waals surface area contributed by atoms with Crippen molar-refractivity contribution in [3.8, 4) is 0 Å². The van der Waals surface area contributed by atoms with Crippen LogP contribution in [-0.2, 0) is 22.4 Å². The Morgan fingerprint density at radius 3 is 2.71 bits per heavy atom. The van der Waals surface area contributed by atoms with Crippen LogP contribution in [0.4, 0.5) is 5.69 Å². The molecule has 0 unspecified atom stereocenters. The molecule has 4 aromatic rings. The summed E-state index contributed by atoms with van der Waals surface area (Å²) in [5.74, 6) is -0.151. The summed E-state index contributed by atoms with van der Waals surface area (Å²) in [5, 5.41) is 3.57. The number of benzene rings is 2. The highest BCUT2D eigenvalue weighted by Crippen LogP contribution is 2.37. The van der Waals surface area contributed by atoms with E-state index in [2.05, 4.69) is 5.32 Å².